The van der Waals surface area contributed by atoms with E-state index in [1.165, 1.54) is 12.4 Å². The number of rotatable bonds is 8. The molecule has 1 heterocycles. The van der Waals surface area contributed by atoms with E-state index in [2.05, 4.69) is 15.4 Å². The van der Waals surface area contributed by atoms with E-state index in [1.807, 2.05) is 6.92 Å². The Morgan fingerprint density at radius 3 is 2.65 bits per heavy atom. The van der Waals surface area contributed by atoms with Crippen LogP contribution in [0.15, 0.2) is 12.4 Å². The van der Waals surface area contributed by atoms with Crippen molar-refractivity contribution in [1.82, 2.24) is 14.9 Å². The first-order valence-electron chi connectivity index (χ1n) is 6.21. The molecular formula is C12H21N5O3. The maximum absolute atomic E-state index is 12.4. The molecule has 1 rings (SSSR count). The molecule has 0 fully saturated rings. The predicted molar refractivity (Wildman–Crippen MR) is 74.1 cm³/mol. The van der Waals surface area contributed by atoms with Crippen LogP contribution in [0.2, 0.25) is 0 Å². The van der Waals surface area contributed by atoms with Gasteiger partial charge in [0.15, 0.2) is 5.82 Å². The van der Waals surface area contributed by atoms with Crippen LogP contribution in [-0.2, 0) is 9.47 Å². The van der Waals surface area contributed by atoms with Crippen LogP contribution in [0.5, 0.6) is 0 Å². The summed E-state index contributed by atoms with van der Waals surface area (Å²) in [5, 5.41) is 0. The van der Waals surface area contributed by atoms with Crippen molar-refractivity contribution in [2.24, 2.45) is 5.84 Å². The smallest absolute Gasteiger partial charge is 0.274 e. The number of carbonyl (C=O) groups excluding carboxylic acids is 1. The summed E-state index contributed by atoms with van der Waals surface area (Å²) in [7, 11) is 3.18. The van der Waals surface area contributed by atoms with Gasteiger partial charge in [-0.15, -0.1) is 0 Å². The van der Waals surface area contributed by atoms with Crippen LogP contribution in [0.3, 0.4) is 0 Å². The highest BCUT2D eigenvalue weighted by atomic mass is 16.5. The average molecular weight is 283 g/mol. The van der Waals surface area contributed by atoms with E-state index in [9.17, 15) is 4.79 Å². The minimum absolute atomic E-state index is 0.0863. The van der Waals surface area contributed by atoms with E-state index in [0.717, 1.165) is 0 Å². The maximum atomic E-state index is 12.4. The number of aromatic nitrogens is 2. The number of nitrogens with two attached hydrogens (primary N) is 1. The number of amides is 1. The van der Waals surface area contributed by atoms with Gasteiger partial charge in [0.25, 0.3) is 5.91 Å². The fourth-order valence-corrected chi connectivity index (χ4v) is 1.70. The highest BCUT2D eigenvalue weighted by Crippen LogP contribution is 2.08. The Morgan fingerprint density at radius 1 is 1.40 bits per heavy atom. The molecule has 3 N–H and O–H groups in total. The van der Waals surface area contributed by atoms with Gasteiger partial charge < -0.3 is 19.8 Å². The van der Waals surface area contributed by atoms with Crippen molar-refractivity contribution in [2.75, 3.05) is 39.4 Å². The SMILES string of the molecule is COCCN(C(=O)c1cnc(NN)cn1)C(C)COC. The Balaban J connectivity index is 2.84. The monoisotopic (exact) mass is 283 g/mol. The molecule has 8 nitrogen and oxygen atoms in total. The van der Waals surface area contributed by atoms with E-state index in [1.54, 1.807) is 19.1 Å². The number of methoxy groups -OCH3 is 2. The molecule has 8 heteroatoms. The van der Waals surface area contributed by atoms with Crippen LogP contribution in [0.1, 0.15) is 17.4 Å². The molecule has 0 aliphatic rings. The first-order valence-corrected chi connectivity index (χ1v) is 6.21. The second-order valence-electron chi connectivity index (χ2n) is 4.23. The van der Waals surface area contributed by atoms with Crippen molar-refractivity contribution >= 4 is 11.7 Å². The Bertz CT molecular complexity index is 412. The summed E-state index contributed by atoms with van der Waals surface area (Å²) < 4.78 is 10.1. The Kier molecular flexibility index (Phi) is 6.85. The molecular weight excluding hydrogens is 262 g/mol. The van der Waals surface area contributed by atoms with E-state index in [0.29, 0.717) is 25.6 Å². The number of carbonyl (C=O) groups is 1. The minimum Gasteiger partial charge on any atom is -0.383 e. The third-order valence-electron chi connectivity index (χ3n) is 2.76. The van der Waals surface area contributed by atoms with Gasteiger partial charge in [0.05, 0.1) is 31.6 Å². The van der Waals surface area contributed by atoms with Gasteiger partial charge in [0.1, 0.15) is 5.69 Å². The number of hydrogen-bond acceptors (Lipinski definition) is 7. The molecule has 0 bridgehead atoms. The lowest BCUT2D eigenvalue weighted by Gasteiger charge is -2.28. The molecule has 0 radical (unpaired) electrons. The molecule has 0 aliphatic heterocycles. The molecule has 1 aromatic heterocycles. The second kappa shape index (κ2) is 8.41. The molecule has 0 spiro atoms. The van der Waals surface area contributed by atoms with E-state index in [-0.39, 0.29) is 17.6 Å². The first-order chi connectivity index (χ1) is 9.63. The van der Waals surface area contributed by atoms with Gasteiger partial charge in [-0.3, -0.25) is 4.79 Å². The number of ether oxygens (including phenoxy) is 2. The van der Waals surface area contributed by atoms with Crippen LogP contribution >= 0.6 is 0 Å². The van der Waals surface area contributed by atoms with Gasteiger partial charge in [-0.05, 0) is 6.92 Å². The predicted octanol–water partition coefficient (Wildman–Crippen LogP) is -0.114. The molecule has 1 amide bonds. The molecule has 1 aromatic rings. The molecule has 0 saturated carbocycles. The zero-order valence-corrected chi connectivity index (χ0v) is 12.0. The summed E-state index contributed by atoms with van der Waals surface area (Å²) in [6, 6.07) is -0.0863. The van der Waals surface area contributed by atoms with Crippen molar-refractivity contribution in [3.8, 4) is 0 Å². The number of nitrogen functional groups attached to an aromatic ring is 1. The third kappa shape index (κ3) is 4.41. The van der Waals surface area contributed by atoms with E-state index in [4.69, 9.17) is 15.3 Å². The van der Waals surface area contributed by atoms with Crippen molar-refractivity contribution in [1.29, 1.82) is 0 Å². The summed E-state index contributed by atoms with van der Waals surface area (Å²) in [5.41, 5.74) is 2.61. The molecule has 20 heavy (non-hydrogen) atoms. The molecule has 0 aliphatic carbocycles. The van der Waals surface area contributed by atoms with Crippen LogP contribution in [0.25, 0.3) is 0 Å². The van der Waals surface area contributed by atoms with Gasteiger partial charge in [-0.25, -0.2) is 15.8 Å². The van der Waals surface area contributed by atoms with Crippen LogP contribution in [0, 0.1) is 0 Å². The molecule has 1 unspecified atom stereocenters. The summed E-state index contributed by atoms with van der Waals surface area (Å²) in [4.78, 5) is 22.1. The standard InChI is InChI=1S/C12H21N5O3/c1-9(8-20-3)17(4-5-19-2)12(18)10-6-15-11(16-13)7-14-10/h6-7,9H,4-5,8,13H2,1-3H3,(H,15,16). The number of anilines is 1. The first kappa shape index (κ1) is 16.3. The van der Waals surface area contributed by atoms with Crippen LogP contribution < -0.4 is 11.3 Å². The third-order valence-corrected chi connectivity index (χ3v) is 2.76. The minimum atomic E-state index is -0.220. The fourth-order valence-electron chi connectivity index (χ4n) is 1.70. The van der Waals surface area contributed by atoms with Crippen molar-refractivity contribution in [2.45, 2.75) is 13.0 Å². The molecule has 1 atom stereocenters. The quantitative estimate of drug-likeness (QED) is 0.506. The fraction of sp³-hybridized carbons (Fsp3) is 0.583. The summed E-state index contributed by atoms with van der Waals surface area (Å²) in [5.74, 6) is 5.39. The zero-order valence-electron chi connectivity index (χ0n) is 12.0. The van der Waals surface area contributed by atoms with Gasteiger partial charge in [0.2, 0.25) is 0 Å². The number of hydrogen-bond donors (Lipinski definition) is 2. The lowest BCUT2D eigenvalue weighted by atomic mass is 10.2. The van der Waals surface area contributed by atoms with Crippen molar-refractivity contribution < 1.29 is 14.3 Å². The van der Waals surface area contributed by atoms with Crippen LogP contribution in [0.4, 0.5) is 5.82 Å². The van der Waals surface area contributed by atoms with Gasteiger partial charge >= 0.3 is 0 Å². The number of hydrazine groups is 1. The molecule has 0 aromatic carbocycles. The Labute approximate surface area is 118 Å². The number of nitrogens with one attached hydrogen (secondary N) is 1. The van der Waals surface area contributed by atoms with Crippen molar-refractivity contribution in [3.63, 3.8) is 0 Å². The lowest BCUT2D eigenvalue weighted by Crippen LogP contribution is -2.43. The zero-order chi connectivity index (χ0) is 15.0. The summed E-state index contributed by atoms with van der Waals surface area (Å²) >= 11 is 0. The summed E-state index contributed by atoms with van der Waals surface area (Å²) in [6.45, 7) is 3.24. The largest absolute Gasteiger partial charge is 0.383 e. The maximum Gasteiger partial charge on any atom is 0.274 e. The van der Waals surface area contributed by atoms with E-state index < -0.39 is 0 Å². The van der Waals surface area contributed by atoms with Crippen LogP contribution in [-0.4, -0.2) is 60.8 Å². The topological polar surface area (TPSA) is 103 Å². The van der Waals surface area contributed by atoms with Gasteiger partial charge in [-0.1, -0.05) is 0 Å². The molecule has 112 valence electrons. The molecule has 0 saturated heterocycles. The Morgan fingerprint density at radius 2 is 2.15 bits per heavy atom. The normalized spacial score (nSPS) is 12.0. The van der Waals surface area contributed by atoms with Gasteiger partial charge in [-0.2, -0.15) is 0 Å². The highest BCUT2D eigenvalue weighted by Gasteiger charge is 2.22. The lowest BCUT2D eigenvalue weighted by molar-refractivity contribution is 0.0474. The second-order valence-corrected chi connectivity index (χ2v) is 4.23. The van der Waals surface area contributed by atoms with Crippen molar-refractivity contribution in [3.05, 3.63) is 18.1 Å². The summed E-state index contributed by atoms with van der Waals surface area (Å²) in [6.07, 6.45) is 2.79. The number of nitrogens with zero attached hydrogens (tertiary/aromatic N) is 3. The Hall–Kier alpha value is -1.77. The van der Waals surface area contributed by atoms with E-state index >= 15 is 0 Å². The highest BCUT2D eigenvalue weighted by molar-refractivity contribution is 5.92. The van der Waals surface area contributed by atoms with Gasteiger partial charge in [0, 0.05) is 20.8 Å². The average Bonchev–Trinajstić information content (AvgIpc) is 2.48.